The van der Waals surface area contributed by atoms with E-state index in [1.165, 1.54) is 0 Å². The van der Waals surface area contributed by atoms with Crippen LogP contribution in [0.15, 0.2) is 0 Å². The van der Waals surface area contributed by atoms with Crippen molar-refractivity contribution in [3.05, 3.63) is 0 Å². The molecule has 0 aromatic carbocycles. The predicted octanol–water partition coefficient (Wildman–Crippen LogP) is -1.95. The highest BCUT2D eigenvalue weighted by atomic mass is 32.3. The van der Waals surface area contributed by atoms with E-state index in [2.05, 4.69) is 4.18 Å². The topological polar surface area (TPSA) is 116 Å². The number of hydrogen-bond acceptors (Lipinski definition) is 5. The number of hydrogen-bond donors (Lipinski definition) is 3. The average Bonchev–Trinajstić information content (AvgIpc) is 1.59. The van der Waals surface area contributed by atoms with Gasteiger partial charge in [-0.1, -0.05) is 0 Å². The van der Waals surface area contributed by atoms with E-state index in [-0.39, 0.29) is 0 Å². The van der Waals surface area contributed by atoms with Gasteiger partial charge in [0, 0.05) is 0 Å². The lowest BCUT2D eigenvalue weighted by molar-refractivity contribution is 0.252. The Morgan fingerprint density at radius 2 is 2.00 bits per heavy atom. The molecule has 0 rings (SSSR count). The van der Waals surface area contributed by atoms with Crippen molar-refractivity contribution >= 4 is 10.4 Å². The van der Waals surface area contributed by atoms with Gasteiger partial charge in [0.05, 0.1) is 12.8 Å². The van der Waals surface area contributed by atoms with Crippen LogP contribution in [0.4, 0.5) is 0 Å². The average molecular weight is 156 g/mol. The van der Waals surface area contributed by atoms with Crippen molar-refractivity contribution < 1.29 is 17.2 Å². The third kappa shape index (κ3) is 7.79. The Bertz CT molecular complexity index is 161. The molecule has 0 aromatic rings. The van der Waals surface area contributed by atoms with Gasteiger partial charge in [-0.25, -0.2) is 4.18 Å². The maximum absolute atomic E-state index is 9.76. The molecule has 0 spiro atoms. The fourth-order valence-electron chi connectivity index (χ4n) is 0.165. The van der Waals surface area contributed by atoms with Gasteiger partial charge in [0.1, 0.15) is 0 Å². The van der Waals surface area contributed by atoms with Crippen LogP contribution < -0.4 is 11.5 Å². The third-order valence-corrected chi connectivity index (χ3v) is 0.843. The van der Waals surface area contributed by atoms with Crippen LogP contribution in [0.3, 0.4) is 0 Å². The molecule has 0 unspecified atom stereocenters. The molecule has 7 heteroatoms. The third-order valence-electron chi connectivity index (χ3n) is 0.409. The highest BCUT2D eigenvalue weighted by molar-refractivity contribution is 7.80. The predicted molar refractivity (Wildman–Crippen MR) is 29.7 cm³/mol. The lowest BCUT2D eigenvalue weighted by Crippen LogP contribution is -2.36. The lowest BCUT2D eigenvalue weighted by Gasteiger charge is -2.01. The summed E-state index contributed by atoms with van der Waals surface area (Å²) in [6.45, 7) is -0.418. The molecule has 0 saturated carbocycles. The first-order chi connectivity index (χ1) is 3.92. The molecule has 0 saturated heterocycles. The van der Waals surface area contributed by atoms with Gasteiger partial charge in [0.2, 0.25) is 0 Å². The first-order valence-corrected chi connectivity index (χ1v) is 3.41. The Labute approximate surface area is 52.7 Å². The summed E-state index contributed by atoms with van der Waals surface area (Å²) < 4.78 is 31.2. The van der Waals surface area contributed by atoms with Crippen LogP contribution in [0.25, 0.3) is 0 Å². The molecule has 0 aliphatic carbocycles. The maximum atomic E-state index is 9.76. The van der Waals surface area contributed by atoms with Crippen LogP contribution in [0.5, 0.6) is 0 Å². The van der Waals surface area contributed by atoms with Crippen LogP contribution >= 0.6 is 0 Å². The molecule has 0 bridgehead atoms. The molecule has 0 amide bonds. The van der Waals surface area contributed by atoms with Gasteiger partial charge in [-0.05, 0) is 0 Å². The standard InChI is InChI=1S/C2H8N2O4S/c3-2(4)1-8-9(5,6)7/h2H,1,3-4H2,(H,5,6,7). The van der Waals surface area contributed by atoms with Gasteiger partial charge < -0.3 is 11.5 Å². The summed E-state index contributed by atoms with van der Waals surface area (Å²) >= 11 is 0. The van der Waals surface area contributed by atoms with E-state index < -0.39 is 23.2 Å². The highest BCUT2D eigenvalue weighted by Gasteiger charge is 2.04. The minimum absolute atomic E-state index is 0.418. The van der Waals surface area contributed by atoms with Crippen molar-refractivity contribution in [1.29, 1.82) is 0 Å². The molecule has 0 atom stereocenters. The summed E-state index contributed by atoms with van der Waals surface area (Å²) in [7, 11) is -4.38. The Kier molecular flexibility index (Phi) is 3.01. The van der Waals surface area contributed by atoms with Gasteiger partial charge in [-0.15, -0.1) is 0 Å². The minimum atomic E-state index is -4.38. The quantitative estimate of drug-likeness (QED) is 0.323. The van der Waals surface area contributed by atoms with Gasteiger partial charge in [-0.3, -0.25) is 4.55 Å². The summed E-state index contributed by atoms with van der Waals surface area (Å²) in [5.41, 5.74) is 9.75. The summed E-state index contributed by atoms with van der Waals surface area (Å²) in [6, 6.07) is 0. The van der Waals surface area contributed by atoms with E-state index in [1.807, 2.05) is 0 Å². The van der Waals surface area contributed by atoms with Gasteiger partial charge in [0.15, 0.2) is 0 Å². The van der Waals surface area contributed by atoms with E-state index in [9.17, 15) is 8.42 Å². The van der Waals surface area contributed by atoms with Crippen molar-refractivity contribution in [2.75, 3.05) is 6.61 Å². The lowest BCUT2D eigenvalue weighted by atomic mass is 10.6. The molecule has 9 heavy (non-hydrogen) atoms. The maximum Gasteiger partial charge on any atom is 0.397 e. The summed E-state index contributed by atoms with van der Waals surface area (Å²) in [4.78, 5) is 0. The molecule has 0 aromatic heterocycles. The van der Waals surface area contributed by atoms with Crippen molar-refractivity contribution in [2.24, 2.45) is 11.5 Å². The fourth-order valence-corrected chi connectivity index (χ4v) is 0.494. The monoisotopic (exact) mass is 156 g/mol. The molecule has 5 N–H and O–H groups in total. The molecule has 0 aliphatic rings. The largest absolute Gasteiger partial charge is 0.397 e. The number of rotatable bonds is 3. The van der Waals surface area contributed by atoms with Crippen LogP contribution in [0.2, 0.25) is 0 Å². The zero-order valence-electron chi connectivity index (χ0n) is 4.52. The van der Waals surface area contributed by atoms with Crippen molar-refractivity contribution in [3.63, 3.8) is 0 Å². The second kappa shape index (κ2) is 3.08. The van der Waals surface area contributed by atoms with E-state index in [0.29, 0.717) is 0 Å². The van der Waals surface area contributed by atoms with E-state index in [0.717, 1.165) is 0 Å². The van der Waals surface area contributed by atoms with E-state index in [4.69, 9.17) is 16.0 Å². The van der Waals surface area contributed by atoms with Gasteiger partial charge in [0.25, 0.3) is 0 Å². The molecule has 56 valence electrons. The second-order valence-electron chi connectivity index (χ2n) is 1.38. The first kappa shape index (κ1) is 8.79. The molecule has 0 aliphatic heterocycles. The Morgan fingerprint density at radius 1 is 1.56 bits per heavy atom. The zero-order valence-corrected chi connectivity index (χ0v) is 5.34. The second-order valence-corrected chi connectivity index (χ2v) is 2.47. The molecule has 0 heterocycles. The van der Waals surface area contributed by atoms with E-state index >= 15 is 0 Å². The van der Waals surface area contributed by atoms with Crippen LogP contribution in [-0.2, 0) is 14.6 Å². The molecule has 6 nitrogen and oxygen atoms in total. The molecular formula is C2H8N2O4S. The fraction of sp³-hybridized carbons (Fsp3) is 1.00. The summed E-state index contributed by atoms with van der Waals surface area (Å²) in [5, 5.41) is 0. The van der Waals surface area contributed by atoms with Crippen LogP contribution in [0.1, 0.15) is 0 Å². The normalized spacial score (nSPS) is 12.4. The van der Waals surface area contributed by atoms with Crippen molar-refractivity contribution in [1.82, 2.24) is 0 Å². The van der Waals surface area contributed by atoms with Crippen molar-refractivity contribution in [2.45, 2.75) is 6.17 Å². The molecule has 0 fully saturated rings. The van der Waals surface area contributed by atoms with Gasteiger partial charge >= 0.3 is 10.4 Å². The number of nitrogens with two attached hydrogens (primary N) is 2. The first-order valence-electron chi connectivity index (χ1n) is 2.05. The molecule has 0 radical (unpaired) electrons. The van der Waals surface area contributed by atoms with Crippen LogP contribution in [0, 0.1) is 0 Å². The van der Waals surface area contributed by atoms with Crippen molar-refractivity contribution in [3.8, 4) is 0 Å². The molecular weight excluding hydrogens is 148 g/mol. The minimum Gasteiger partial charge on any atom is -0.314 e. The Hall–Kier alpha value is -0.210. The van der Waals surface area contributed by atoms with Gasteiger partial charge in [-0.2, -0.15) is 8.42 Å². The summed E-state index contributed by atoms with van der Waals surface area (Å²) in [5.74, 6) is 0. The highest BCUT2D eigenvalue weighted by Crippen LogP contribution is 1.83. The Balaban J connectivity index is 3.53. The van der Waals surface area contributed by atoms with Crippen LogP contribution in [-0.4, -0.2) is 25.7 Å². The van der Waals surface area contributed by atoms with E-state index in [1.54, 1.807) is 0 Å². The summed E-state index contributed by atoms with van der Waals surface area (Å²) in [6.07, 6.45) is -0.896. The Morgan fingerprint density at radius 3 is 2.11 bits per heavy atom. The smallest absolute Gasteiger partial charge is 0.314 e. The zero-order chi connectivity index (χ0) is 7.49. The SMILES string of the molecule is NC(N)COS(=O)(=O)O.